The van der Waals surface area contributed by atoms with Gasteiger partial charge in [-0.3, -0.25) is 0 Å². The van der Waals surface area contributed by atoms with Gasteiger partial charge in [-0.2, -0.15) is 0 Å². The molecule has 1 amide bonds. The minimum absolute atomic E-state index is 0.180. The molecule has 2 aliphatic heterocycles. The van der Waals surface area contributed by atoms with Crippen LogP contribution < -0.4 is 4.90 Å². The van der Waals surface area contributed by atoms with E-state index in [0.717, 1.165) is 32.5 Å². The molecule has 0 spiro atoms. The number of para-hydroxylation sites is 1. The van der Waals surface area contributed by atoms with E-state index >= 15 is 0 Å². The van der Waals surface area contributed by atoms with Gasteiger partial charge in [-0.05, 0) is 51.7 Å². The molecule has 0 bridgehead atoms. The van der Waals surface area contributed by atoms with E-state index in [1.807, 2.05) is 25.7 Å². The Morgan fingerprint density at radius 3 is 2.77 bits per heavy atom. The molecule has 22 heavy (non-hydrogen) atoms. The largest absolute Gasteiger partial charge is 0.444 e. The highest BCUT2D eigenvalue weighted by Crippen LogP contribution is 2.31. The van der Waals surface area contributed by atoms with Gasteiger partial charge in [-0.15, -0.1) is 0 Å². The van der Waals surface area contributed by atoms with Crippen LogP contribution in [-0.4, -0.2) is 42.3 Å². The maximum absolute atomic E-state index is 12.2. The molecule has 4 nitrogen and oxygen atoms in total. The number of hydrogen-bond donors (Lipinski definition) is 0. The number of rotatable bonds is 1. The molecule has 3 rings (SSSR count). The van der Waals surface area contributed by atoms with Crippen LogP contribution in [0.25, 0.3) is 0 Å². The van der Waals surface area contributed by atoms with Crippen LogP contribution in [0.3, 0.4) is 0 Å². The van der Waals surface area contributed by atoms with Crippen molar-refractivity contribution in [1.29, 1.82) is 0 Å². The summed E-state index contributed by atoms with van der Waals surface area (Å²) in [6, 6.07) is 9.07. The van der Waals surface area contributed by atoms with E-state index in [1.165, 1.54) is 17.7 Å². The van der Waals surface area contributed by atoms with E-state index in [2.05, 4.69) is 29.2 Å². The third kappa shape index (κ3) is 3.21. The molecule has 0 aromatic heterocycles. The summed E-state index contributed by atoms with van der Waals surface area (Å²) in [5.74, 6) is 0. The number of nitrogens with zero attached hydrogens (tertiary/aromatic N) is 2. The second-order valence-electron chi connectivity index (χ2n) is 7.29. The molecular formula is C18H26N2O2. The van der Waals surface area contributed by atoms with E-state index in [4.69, 9.17) is 4.74 Å². The quantitative estimate of drug-likeness (QED) is 0.796. The topological polar surface area (TPSA) is 32.8 Å². The van der Waals surface area contributed by atoms with Gasteiger partial charge in [0.2, 0.25) is 0 Å². The van der Waals surface area contributed by atoms with E-state index < -0.39 is 5.60 Å². The first kappa shape index (κ1) is 15.2. The van der Waals surface area contributed by atoms with Crippen LogP contribution in [0.4, 0.5) is 10.5 Å². The number of carbonyl (C=O) groups excluding carboxylic acids is 1. The summed E-state index contributed by atoms with van der Waals surface area (Å²) in [7, 11) is 0. The zero-order valence-corrected chi connectivity index (χ0v) is 13.8. The highest BCUT2D eigenvalue weighted by molar-refractivity contribution is 5.69. The summed E-state index contributed by atoms with van der Waals surface area (Å²) >= 11 is 0. The second-order valence-corrected chi connectivity index (χ2v) is 7.29. The van der Waals surface area contributed by atoms with E-state index in [9.17, 15) is 4.79 Å². The lowest BCUT2D eigenvalue weighted by atomic mass is 10.00. The third-order valence-corrected chi connectivity index (χ3v) is 4.40. The zero-order valence-electron chi connectivity index (χ0n) is 13.8. The minimum atomic E-state index is -0.424. The van der Waals surface area contributed by atoms with Gasteiger partial charge in [0.25, 0.3) is 0 Å². The molecular weight excluding hydrogens is 276 g/mol. The van der Waals surface area contributed by atoms with E-state index in [-0.39, 0.29) is 6.09 Å². The maximum atomic E-state index is 12.2. The van der Waals surface area contributed by atoms with Crippen LogP contribution in [0, 0.1) is 0 Å². The first-order valence-electron chi connectivity index (χ1n) is 8.26. The molecule has 4 heteroatoms. The Morgan fingerprint density at radius 2 is 2.00 bits per heavy atom. The van der Waals surface area contributed by atoms with Crippen molar-refractivity contribution in [1.82, 2.24) is 4.90 Å². The van der Waals surface area contributed by atoms with Gasteiger partial charge >= 0.3 is 6.09 Å². The average Bonchev–Trinajstić information content (AvgIpc) is 2.94. The lowest BCUT2D eigenvalue weighted by Gasteiger charge is -2.36. The summed E-state index contributed by atoms with van der Waals surface area (Å²) in [5.41, 5.74) is 2.36. The number of aryl methyl sites for hydroxylation is 1. The molecule has 1 aromatic rings. The van der Waals surface area contributed by atoms with Crippen LogP contribution in [0.2, 0.25) is 0 Å². The number of amides is 1. The van der Waals surface area contributed by atoms with Gasteiger partial charge in [0.05, 0.1) is 0 Å². The summed E-state index contributed by atoms with van der Waals surface area (Å²) in [6.45, 7) is 8.39. The molecule has 1 atom stereocenters. The van der Waals surface area contributed by atoms with Crippen LogP contribution >= 0.6 is 0 Å². The Bertz CT molecular complexity index is 550. The highest BCUT2D eigenvalue weighted by Gasteiger charge is 2.34. The van der Waals surface area contributed by atoms with E-state index in [0.29, 0.717) is 6.04 Å². The van der Waals surface area contributed by atoms with Crippen molar-refractivity contribution in [2.24, 2.45) is 0 Å². The molecule has 0 aliphatic carbocycles. The van der Waals surface area contributed by atoms with Gasteiger partial charge in [-0.25, -0.2) is 4.79 Å². The van der Waals surface area contributed by atoms with Crippen molar-refractivity contribution in [3.63, 3.8) is 0 Å². The summed E-state index contributed by atoms with van der Waals surface area (Å²) in [6.07, 6.45) is 3.20. The van der Waals surface area contributed by atoms with Crippen molar-refractivity contribution in [2.75, 3.05) is 24.5 Å². The number of fused-ring (bicyclic) bond motifs is 1. The fourth-order valence-corrected chi connectivity index (χ4v) is 3.43. The molecule has 120 valence electrons. The Balaban J connectivity index is 1.68. The zero-order chi connectivity index (χ0) is 15.7. The molecule has 2 aliphatic rings. The van der Waals surface area contributed by atoms with Crippen LogP contribution in [0.15, 0.2) is 24.3 Å². The molecule has 1 fully saturated rings. The smallest absolute Gasteiger partial charge is 0.410 e. The first-order chi connectivity index (χ1) is 10.4. The number of likely N-dealkylation sites (tertiary alicyclic amines) is 1. The Kier molecular flexibility index (Phi) is 4.02. The number of ether oxygens (including phenoxy) is 1. The molecule has 0 N–H and O–H groups in total. The van der Waals surface area contributed by atoms with Crippen molar-refractivity contribution >= 4 is 11.8 Å². The van der Waals surface area contributed by atoms with Gasteiger partial charge in [0.15, 0.2) is 0 Å². The predicted octanol–water partition coefficient (Wildman–Crippen LogP) is 3.45. The first-order valence-corrected chi connectivity index (χ1v) is 8.26. The molecule has 2 heterocycles. The van der Waals surface area contributed by atoms with Gasteiger partial charge in [-0.1, -0.05) is 18.2 Å². The maximum Gasteiger partial charge on any atom is 0.410 e. The third-order valence-electron chi connectivity index (χ3n) is 4.40. The average molecular weight is 302 g/mol. The van der Waals surface area contributed by atoms with Crippen LogP contribution in [-0.2, 0) is 11.2 Å². The standard InChI is InChI=1S/C18H26N2O2/c1-18(2,3)22-17(21)19-12-10-15(13-19)20-11-6-8-14-7-4-5-9-16(14)20/h4-5,7,9,15H,6,8,10-13H2,1-3H3. The monoisotopic (exact) mass is 302 g/mol. The normalized spacial score (nSPS) is 21.7. The fraction of sp³-hybridized carbons (Fsp3) is 0.611. The Morgan fingerprint density at radius 1 is 1.23 bits per heavy atom. The molecule has 1 saturated heterocycles. The van der Waals surface area contributed by atoms with Crippen molar-refractivity contribution in [3.8, 4) is 0 Å². The number of benzene rings is 1. The van der Waals surface area contributed by atoms with Crippen molar-refractivity contribution < 1.29 is 9.53 Å². The number of hydrogen-bond acceptors (Lipinski definition) is 3. The Labute approximate surface area is 133 Å². The fourth-order valence-electron chi connectivity index (χ4n) is 3.43. The van der Waals surface area contributed by atoms with Gasteiger partial charge in [0, 0.05) is 31.4 Å². The molecule has 0 radical (unpaired) electrons. The van der Waals surface area contributed by atoms with Crippen molar-refractivity contribution in [3.05, 3.63) is 29.8 Å². The lowest BCUT2D eigenvalue weighted by Crippen LogP contribution is -2.42. The van der Waals surface area contributed by atoms with Crippen LogP contribution in [0.1, 0.15) is 39.2 Å². The van der Waals surface area contributed by atoms with E-state index in [1.54, 1.807) is 0 Å². The molecule has 1 unspecified atom stereocenters. The minimum Gasteiger partial charge on any atom is -0.444 e. The number of carbonyl (C=O) groups is 1. The predicted molar refractivity (Wildman–Crippen MR) is 88.3 cm³/mol. The van der Waals surface area contributed by atoms with Crippen molar-refractivity contribution in [2.45, 2.75) is 51.7 Å². The highest BCUT2D eigenvalue weighted by atomic mass is 16.6. The summed E-state index contributed by atoms with van der Waals surface area (Å²) in [4.78, 5) is 16.6. The molecule has 0 saturated carbocycles. The number of anilines is 1. The van der Waals surface area contributed by atoms with Crippen LogP contribution in [0.5, 0.6) is 0 Å². The van der Waals surface area contributed by atoms with Gasteiger partial charge in [0.1, 0.15) is 5.60 Å². The van der Waals surface area contributed by atoms with Gasteiger partial charge < -0.3 is 14.5 Å². The Hall–Kier alpha value is -1.71. The summed E-state index contributed by atoms with van der Waals surface area (Å²) in [5, 5.41) is 0. The lowest BCUT2D eigenvalue weighted by molar-refractivity contribution is 0.0292. The summed E-state index contributed by atoms with van der Waals surface area (Å²) < 4.78 is 5.50. The SMILES string of the molecule is CC(C)(C)OC(=O)N1CCC(N2CCCc3ccccc32)C1. The second kappa shape index (κ2) is 5.82. The molecule has 1 aromatic carbocycles.